The van der Waals surface area contributed by atoms with Crippen LogP contribution in [0.3, 0.4) is 0 Å². The lowest BCUT2D eigenvalue weighted by molar-refractivity contribution is -0.144. The van der Waals surface area contributed by atoms with Crippen molar-refractivity contribution in [1.29, 1.82) is 0 Å². The van der Waals surface area contributed by atoms with Crippen molar-refractivity contribution in [2.75, 3.05) is 6.61 Å². The molecule has 31 heavy (non-hydrogen) atoms. The van der Waals surface area contributed by atoms with Crippen molar-refractivity contribution in [2.45, 2.75) is 57.5 Å². The molecule has 0 saturated heterocycles. The molecule has 1 aromatic rings. The van der Waals surface area contributed by atoms with E-state index in [1.165, 1.54) is 19.4 Å². The third-order valence-electron chi connectivity index (χ3n) is 4.44. The molecule has 0 aliphatic rings. The molecule has 0 aromatic carbocycles. The number of nitrogens with one attached hydrogen (secondary N) is 4. The minimum Gasteiger partial charge on any atom is -0.480 e. The molecule has 0 saturated carbocycles. The number of carbonyl (C=O) groups excluding carboxylic acids is 3. The van der Waals surface area contributed by atoms with Gasteiger partial charge in [-0.05, 0) is 12.8 Å². The van der Waals surface area contributed by atoms with Crippen molar-refractivity contribution in [3.8, 4) is 0 Å². The fraction of sp³-hybridized carbons (Fsp3) is 0.611. The van der Waals surface area contributed by atoms with E-state index in [1.807, 2.05) is 5.32 Å². The lowest BCUT2D eigenvalue weighted by atomic mass is 10.0. The molecule has 13 nitrogen and oxygen atoms in total. The Morgan fingerprint density at radius 2 is 1.65 bits per heavy atom. The first-order valence-corrected chi connectivity index (χ1v) is 9.63. The number of rotatable bonds is 12. The summed E-state index contributed by atoms with van der Waals surface area (Å²) >= 11 is 0. The first kappa shape index (κ1) is 26.0. The largest absolute Gasteiger partial charge is 0.480 e. The number of imidazole rings is 1. The van der Waals surface area contributed by atoms with Crippen LogP contribution in [0.5, 0.6) is 0 Å². The number of carboxylic acids is 1. The molecule has 1 rings (SSSR count). The van der Waals surface area contributed by atoms with Crippen molar-refractivity contribution in [3.63, 3.8) is 0 Å². The summed E-state index contributed by atoms with van der Waals surface area (Å²) < 4.78 is 0. The molecule has 0 radical (unpaired) electrons. The van der Waals surface area contributed by atoms with Gasteiger partial charge >= 0.3 is 5.97 Å². The Hall–Kier alpha value is -3.03. The number of H-pyrrole nitrogens is 1. The molecule has 0 spiro atoms. The highest BCUT2D eigenvalue weighted by atomic mass is 16.4. The van der Waals surface area contributed by atoms with E-state index in [0.29, 0.717) is 5.69 Å². The third-order valence-corrected chi connectivity index (χ3v) is 4.44. The van der Waals surface area contributed by atoms with E-state index < -0.39 is 66.5 Å². The molecule has 0 aliphatic heterocycles. The zero-order valence-corrected chi connectivity index (χ0v) is 17.5. The van der Waals surface area contributed by atoms with E-state index in [9.17, 15) is 24.3 Å². The summed E-state index contributed by atoms with van der Waals surface area (Å²) in [6, 6.07) is -5.17. The topological polar surface area (TPSA) is 220 Å². The molecule has 0 aliphatic carbocycles. The maximum absolute atomic E-state index is 12.7. The molecule has 0 fully saturated rings. The van der Waals surface area contributed by atoms with E-state index in [4.69, 9.17) is 15.9 Å². The van der Waals surface area contributed by atoms with Crippen LogP contribution in [-0.4, -0.2) is 85.9 Å². The van der Waals surface area contributed by atoms with Crippen LogP contribution in [0, 0.1) is 5.92 Å². The molecular weight excluding hydrogens is 412 g/mol. The quantitative estimate of drug-likeness (QED) is 0.163. The molecular formula is C18H30N6O7. The molecule has 174 valence electrons. The number of aliphatic carboxylic acids is 1. The molecule has 1 heterocycles. The number of nitrogens with two attached hydrogens (primary N) is 1. The number of aliphatic hydroxyl groups is 2. The highest BCUT2D eigenvalue weighted by Gasteiger charge is 2.33. The Kier molecular flexibility index (Phi) is 10.0. The predicted molar refractivity (Wildman–Crippen MR) is 107 cm³/mol. The van der Waals surface area contributed by atoms with E-state index in [0.717, 1.165) is 0 Å². The Bertz CT molecular complexity index is 753. The SMILES string of the molecule is CC(C)C(NC(=O)C(N)Cc1cnc[nH]1)C(=O)NC(C(=O)NC(CO)C(=O)O)C(C)O. The first-order valence-electron chi connectivity index (χ1n) is 9.63. The third kappa shape index (κ3) is 7.96. The van der Waals surface area contributed by atoms with Crippen molar-refractivity contribution in [3.05, 3.63) is 18.2 Å². The highest BCUT2D eigenvalue weighted by Crippen LogP contribution is 2.06. The Labute approximate surface area is 178 Å². The number of nitrogens with zero attached hydrogens (tertiary/aromatic N) is 1. The summed E-state index contributed by atoms with van der Waals surface area (Å²) in [7, 11) is 0. The summed E-state index contributed by atoms with van der Waals surface area (Å²) in [6.07, 6.45) is 1.73. The second kappa shape index (κ2) is 12.0. The average molecular weight is 442 g/mol. The van der Waals surface area contributed by atoms with E-state index >= 15 is 0 Å². The predicted octanol–water partition coefficient (Wildman–Crippen LogP) is -3.15. The number of amides is 3. The van der Waals surface area contributed by atoms with Gasteiger partial charge in [-0.3, -0.25) is 14.4 Å². The van der Waals surface area contributed by atoms with Crippen molar-refractivity contribution in [1.82, 2.24) is 25.9 Å². The Morgan fingerprint density at radius 3 is 2.10 bits per heavy atom. The molecule has 9 N–H and O–H groups in total. The molecule has 0 bridgehead atoms. The van der Waals surface area contributed by atoms with Crippen LogP contribution in [0.25, 0.3) is 0 Å². The number of carbonyl (C=O) groups is 4. The number of aliphatic hydroxyl groups excluding tert-OH is 2. The van der Waals surface area contributed by atoms with Gasteiger partial charge in [-0.1, -0.05) is 13.8 Å². The fourth-order valence-electron chi connectivity index (χ4n) is 2.62. The minimum absolute atomic E-state index is 0.161. The number of carboxylic acid groups (broad SMARTS) is 1. The van der Waals surface area contributed by atoms with Gasteiger partial charge in [-0.25, -0.2) is 9.78 Å². The van der Waals surface area contributed by atoms with Crippen LogP contribution in [0.15, 0.2) is 12.5 Å². The zero-order valence-electron chi connectivity index (χ0n) is 17.5. The first-order chi connectivity index (χ1) is 14.5. The van der Waals surface area contributed by atoms with Crippen LogP contribution >= 0.6 is 0 Å². The van der Waals surface area contributed by atoms with Crippen molar-refractivity contribution >= 4 is 23.7 Å². The molecule has 3 amide bonds. The Balaban J connectivity index is 2.83. The van der Waals surface area contributed by atoms with Gasteiger partial charge in [0.2, 0.25) is 17.7 Å². The lowest BCUT2D eigenvalue weighted by Crippen LogP contribution is -2.61. The van der Waals surface area contributed by atoms with Crippen LogP contribution in [-0.2, 0) is 25.6 Å². The average Bonchev–Trinajstić information content (AvgIpc) is 3.19. The number of hydrogen-bond donors (Lipinski definition) is 8. The lowest BCUT2D eigenvalue weighted by Gasteiger charge is -2.27. The Morgan fingerprint density at radius 1 is 1.06 bits per heavy atom. The van der Waals surface area contributed by atoms with Gasteiger partial charge in [-0.15, -0.1) is 0 Å². The molecule has 5 unspecified atom stereocenters. The smallest absolute Gasteiger partial charge is 0.328 e. The maximum atomic E-state index is 12.7. The summed E-state index contributed by atoms with van der Waals surface area (Å²) in [5.41, 5.74) is 6.51. The molecule has 5 atom stereocenters. The van der Waals surface area contributed by atoms with Crippen LogP contribution in [0.1, 0.15) is 26.5 Å². The van der Waals surface area contributed by atoms with Gasteiger partial charge in [-0.2, -0.15) is 0 Å². The van der Waals surface area contributed by atoms with E-state index in [2.05, 4.69) is 20.6 Å². The summed E-state index contributed by atoms with van der Waals surface area (Å²) in [4.78, 5) is 55.1. The number of aromatic nitrogens is 2. The standard InChI is InChI=1S/C18H30N6O7/c1-8(2)13(23-15(27)11(19)4-10-5-20-7-21-10)16(28)24-14(9(3)26)17(29)22-12(6-25)18(30)31/h5,7-9,11-14,25-26H,4,6,19H2,1-3H3,(H,20,21)(H,22,29)(H,23,27)(H,24,28)(H,30,31). The summed E-state index contributed by atoms with van der Waals surface area (Å²) in [6.45, 7) is 3.67. The molecule has 13 heteroatoms. The summed E-state index contributed by atoms with van der Waals surface area (Å²) in [5.74, 6) is -4.26. The van der Waals surface area contributed by atoms with E-state index in [-0.39, 0.29) is 6.42 Å². The normalized spacial score (nSPS) is 16.0. The monoisotopic (exact) mass is 442 g/mol. The van der Waals surface area contributed by atoms with Gasteiger partial charge < -0.3 is 42.0 Å². The summed E-state index contributed by atoms with van der Waals surface area (Å²) in [5, 5.41) is 34.7. The minimum atomic E-state index is -1.60. The van der Waals surface area contributed by atoms with Crippen molar-refractivity contribution < 1.29 is 34.5 Å². The second-order valence-electron chi connectivity index (χ2n) is 7.43. The zero-order chi connectivity index (χ0) is 23.7. The van der Waals surface area contributed by atoms with Crippen LogP contribution < -0.4 is 21.7 Å². The number of hydrogen-bond acceptors (Lipinski definition) is 8. The maximum Gasteiger partial charge on any atom is 0.328 e. The second-order valence-corrected chi connectivity index (χ2v) is 7.43. The fourth-order valence-corrected chi connectivity index (χ4v) is 2.62. The van der Waals surface area contributed by atoms with Crippen LogP contribution in [0.4, 0.5) is 0 Å². The van der Waals surface area contributed by atoms with Gasteiger partial charge in [0.25, 0.3) is 0 Å². The van der Waals surface area contributed by atoms with E-state index in [1.54, 1.807) is 13.8 Å². The highest BCUT2D eigenvalue weighted by molar-refractivity contribution is 5.94. The van der Waals surface area contributed by atoms with Gasteiger partial charge in [0.1, 0.15) is 18.1 Å². The van der Waals surface area contributed by atoms with Crippen LogP contribution in [0.2, 0.25) is 0 Å². The van der Waals surface area contributed by atoms with Crippen molar-refractivity contribution in [2.24, 2.45) is 11.7 Å². The van der Waals surface area contributed by atoms with Gasteiger partial charge in [0, 0.05) is 18.3 Å². The number of aromatic amines is 1. The van der Waals surface area contributed by atoms with Gasteiger partial charge in [0.05, 0.1) is 25.1 Å². The molecule has 1 aromatic heterocycles. The van der Waals surface area contributed by atoms with Gasteiger partial charge in [0.15, 0.2) is 0 Å².